The third-order valence-electron chi connectivity index (χ3n) is 1.86. The van der Waals surface area contributed by atoms with Crippen molar-refractivity contribution < 1.29 is 39.9 Å². The van der Waals surface area contributed by atoms with Crippen molar-refractivity contribution in [2.45, 2.75) is 30.6 Å². The molecule has 0 aromatic carbocycles. The predicted octanol–water partition coefficient (Wildman–Crippen LogP) is 3.40. The zero-order chi connectivity index (χ0) is 13.9. The summed E-state index contributed by atoms with van der Waals surface area (Å²) < 4.78 is 103. The van der Waals surface area contributed by atoms with Crippen LogP contribution in [0.4, 0.5) is 35.1 Å². The average Bonchev–Trinajstić information content (AvgIpc) is 2.17. The average molecular weight is 273 g/mol. The zero-order valence-electron chi connectivity index (χ0n) is 8.34. The SMILES string of the molecule is [CH2]COCCC(F)(F)C(F)(F)C(F)(F)C(F)F. The van der Waals surface area contributed by atoms with Gasteiger partial charge < -0.3 is 4.74 Å². The van der Waals surface area contributed by atoms with Gasteiger partial charge in [-0.25, -0.2) is 8.78 Å². The van der Waals surface area contributed by atoms with Gasteiger partial charge in [-0.2, -0.15) is 26.3 Å². The van der Waals surface area contributed by atoms with Crippen molar-refractivity contribution in [3.05, 3.63) is 6.92 Å². The van der Waals surface area contributed by atoms with E-state index >= 15 is 0 Å². The molecular weight excluding hydrogens is 264 g/mol. The number of ether oxygens (including phenoxy) is 1. The second-order valence-electron chi connectivity index (χ2n) is 3.06. The van der Waals surface area contributed by atoms with Crippen LogP contribution in [0, 0.1) is 6.92 Å². The summed E-state index contributed by atoms with van der Waals surface area (Å²) in [6.45, 7) is 1.69. The lowest BCUT2D eigenvalue weighted by molar-refractivity contribution is -0.340. The lowest BCUT2D eigenvalue weighted by Gasteiger charge is -2.32. The van der Waals surface area contributed by atoms with Crippen LogP contribution in [0.15, 0.2) is 0 Å². The van der Waals surface area contributed by atoms with Crippen LogP contribution in [-0.4, -0.2) is 37.4 Å². The highest BCUT2D eigenvalue weighted by atomic mass is 19.4. The number of hydrogen-bond donors (Lipinski definition) is 0. The Morgan fingerprint density at radius 3 is 1.82 bits per heavy atom. The van der Waals surface area contributed by atoms with Crippen molar-refractivity contribution >= 4 is 0 Å². The topological polar surface area (TPSA) is 9.23 Å². The first-order valence-corrected chi connectivity index (χ1v) is 4.29. The third kappa shape index (κ3) is 3.20. The Labute approximate surface area is 91.7 Å². The molecule has 0 aliphatic carbocycles. The van der Waals surface area contributed by atoms with Gasteiger partial charge in [-0.1, -0.05) is 0 Å². The lowest BCUT2D eigenvalue weighted by Crippen LogP contribution is -2.57. The maximum atomic E-state index is 12.7. The summed E-state index contributed by atoms with van der Waals surface area (Å²) in [6.07, 6.45) is -6.70. The zero-order valence-corrected chi connectivity index (χ0v) is 8.34. The number of alkyl halides is 8. The molecule has 0 aromatic rings. The van der Waals surface area contributed by atoms with Crippen molar-refractivity contribution in [3.63, 3.8) is 0 Å². The van der Waals surface area contributed by atoms with Crippen LogP contribution in [0.1, 0.15) is 6.42 Å². The molecule has 0 rings (SSSR count). The Hall–Kier alpha value is -0.600. The number of rotatable bonds is 7. The summed E-state index contributed by atoms with van der Waals surface area (Å²) in [5.41, 5.74) is 0. The first kappa shape index (κ1) is 16.4. The van der Waals surface area contributed by atoms with Crippen molar-refractivity contribution in [2.75, 3.05) is 13.2 Å². The van der Waals surface area contributed by atoms with Crippen molar-refractivity contribution in [3.8, 4) is 0 Å². The second kappa shape index (κ2) is 5.36. The van der Waals surface area contributed by atoms with Crippen LogP contribution >= 0.6 is 0 Å². The highest BCUT2D eigenvalue weighted by Crippen LogP contribution is 2.49. The number of halogens is 8. The molecule has 0 fully saturated rings. The Kier molecular flexibility index (Phi) is 5.17. The highest BCUT2D eigenvalue weighted by molar-refractivity contribution is 4.97. The normalized spacial score (nSPS) is 14.5. The van der Waals surface area contributed by atoms with E-state index in [1.807, 2.05) is 0 Å². The van der Waals surface area contributed by atoms with Gasteiger partial charge in [0.05, 0.1) is 6.61 Å². The molecular formula is C8H9F8O. The van der Waals surface area contributed by atoms with E-state index in [-0.39, 0.29) is 6.61 Å². The van der Waals surface area contributed by atoms with Crippen LogP contribution in [-0.2, 0) is 4.74 Å². The standard InChI is InChI=1S/C8H9F8O/c1-2-17-4-3-6(11,12)8(15,16)7(13,14)5(9)10/h5H,1-4H2. The molecule has 0 unspecified atom stereocenters. The van der Waals surface area contributed by atoms with Crippen LogP contribution < -0.4 is 0 Å². The van der Waals surface area contributed by atoms with Gasteiger partial charge >= 0.3 is 24.2 Å². The molecule has 103 valence electrons. The maximum Gasteiger partial charge on any atom is 0.377 e. The van der Waals surface area contributed by atoms with Gasteiger partial charge in [0, 0.05) is 13.0 Å². The molecule has 17 heavy (non-hydrogen) atoms. The second-order valence-corrected chi connectivity index (χ2v) is 3.06. The minimum atomic E-state index is -6.15. The molecule has 1 radical (unpaired) electrons. The van der Waals surface area contributed by atoms with Crippen molar-refractivity contribution in [1.29, 1.82) is 0 Å². The Balaban J connectivity index is 4.88. The Morgan fingerprint density at radius 2 is 1.47 bits per heavy atom. The molecule has 0 N–H and O–H groups in total. The molecule has 0 aliphatic rings. The van der Waals surface area contributed by atoms with E-state index in [0.29, 0.717) is 0 Å². The van der Waals surface area contributed by atoms with Gasteiger partial charge in [-0.3, -0.25) is 0 Å². The van der Waals surface area contributed by atoms with Crippen LogP contribution in [0.5, 0.6) is 0 Å². The van der Waals surface area contributed by atoms with Gasteiger partial charge in [-0.05, 0) is 6.92 Å². The summed E-state index contributed by atoms with van der Waals surface area (Å²) in [5.74, 6) is -17.6. The fourth-order valence-corrected chi connectivity index (χ4v) is 0.840. The minimum Gasteiger partial charge on any atom is -0.381 e. The summed E-state index contributed by atoms with van der Waals surface area (Å²) in [4.78, 5) is 0. The van der Waals surface area contributed by atoms with Gasteiger partial charge in [-0.15, -0.1) is 0 Å². The molecule has 0 spiro atoms. The van der Waals surface area contributed by atoms with E-state index in [9.17, 15) is 35.1 Å². The highest BCUT2D eigenvalue weighted by Gasteiger charge is 2.74. The quantitative estimate of drug-likeness (QED) is 0.510. The van der Waals surface area contributed by atoms with E-state index in [0.717, 1.165) is 0 Å². The number of hydrogen-bond acceptors (Lipinski definition) is 1. The summed E-state index contributed by atoms with van der Waals surface area (Å²) in [6, 6.07) is 0. The molecule has 0 aliphatic heterocycles. The molecule has 0 saturated carbocycles. The fraction of sp³-hybridized carbons (Fsp3) is 0.875. The van der Waals surface area contributed by atoms with E-state index < -0.39 is 37.2 Å². The summed E-state index contributed by atoms with van der Waals surface area (Å²) in [5, 5.41) is 0. The van der Waals surface area contributed by atoms with Gasteiger partial charge in [0.1, 0.15) is 0 Å². The third-order valence-corrected chi connectivity index (χ3v) is 1.86. The van der Waals surface area contributed by atoms with Gasteiger partial charge in [0.15, 0.2) is 0 Å². The lowest BCUT2D eigenvalue weighted by atomic mass is 10.0. The van der Waals surface area contributed by atoms with Crippen molar-refractivity contribution in [1.82, 2.24) is 0 Å². The van der Waals surface area contributed by atoms with E-state index in [1.165, 1.54) is 0 Å². The largest absolute Gasteiger partial charge is 0.381 e. The molecule has 0 atom stereocenters. The van der Waals surface area contributed by atoms with Crippen LogP contribution in [0.2, 0.25) is 0 Å². The molecule has 0 aromatic heterocycles. The monoisotopic (exact) mass is 273 g/mol. The van der Waals surface area contributed by atoms with Crippen molar-refractivity contribution in [2.24, 2.45) is 0 Å². The van der Waals surface area contributed by atoms with Crippen LogP contribution in [0.3, 0.4) is 0 Å². The minimum absolute atomic E-state index is 0.340. The predicted molar refractivity (Wildman–Crippen MR) is 41.6 cm³/mol. The Bertz CT molecular complexity index is 240. The Morgan fingerprint density at radius 1 is 1.00 bits per heavy atom. The molecule has 1 nitrogen and oxygen atoms in total. The first-order valence-electron chi connectivity index (χ1n) is 4.29. The van der Waals surface area contributed by atoms with Crippen LogP contribution in [0.25, 0.3) is 0 Å². The van der Waals surface area contributed by atoms with Gasteiger partial charge in [0.25, 0.3) is 0 Å². The first-order chi connectivity index (χ1) is 7.50. The molecule has 0 bridgehead atoms. The van der Waals surface area contributed by atoms with E-state index in [1.54, 1.807) is 0 Å². The summed E-state index contributed by atoms with van der Waals surface area (Å²) >= 11 is 0. The summed E-state index contributed by atoms with van der Waals surface area (Å²) in [7, 11) is 0. The van der Waals surface area contributed by atoms with E-state index in [2.05, 4.69) is 11.7 Å². The molecule has 9 heteroatoms. The smallest absolute Gasteiger partial charge is 0.377 e. The maximum absolute atomic E-state index is 12.7. The molecule has 0 heterocycles. The van der Waals surface area contributed by atoms with Gasteiger partial charge in [0.2, 0.25) is 0 Å². The molecule has 0 saturated heterocycles. The fourth-order valence-electron chi connectivity index (χ4n) is 0.840. The van der Waals surface area contributed by atoms with E-state index in [4.69, 9.17) is 0 Å². The molecule has 0 amide bonds.